The minimum Gasteiger partial charge on any atom is -0.319 e. The van der Waals surface area contributed by atoms with E-state index in [1.54, 1.807) is 0 Å². The van der Waals surface area contributed by atoms with Crippen LogP contribution in [0.1, 0.15) is 15.4 Å². The molecule has 0 atom stereocenters. The van der Waals surface area contributed by atoms with Gasteiger partial charge in [-0.05, 0) is 24.3 Å². The van der Waals surface area contributed by atoms with Gasteiger partial charge in [0.2, 0.25) is 0 Å². The van der Waals surface area contributed by atoms with Gasteiger partial charge in [0, 0.05) is 22.8 Å². The zero-order chi connectivity index (χ0) is 18.9. The van der Waals surface area contributed by atoms with Gasteiger partial charge < -0.3 is 5.32 Å². The largest absolute Gasteiger partial charge is 0.417 e. The summed E-state index contributed by atoms with van der Waals surface area (Å²) in [6, 6.07) is 5.61. The predicted octanol–water partition coefficient (Wildman–Crippen LogP) is 5.36. The molecule has 3 aromatic rings. The second-order valence-electron chi connectivity index (χ2n) is 5.11. The number of rotatable bonds is 3. The van der Waals surface area contributed by atoms with Crippen LogP contribution < -0.4 is 5.32 Å². The molecule has 0 saturated heterocycles. The first-order chi connectivity index (χ1) is 12.3. The number of nitrogens with zero attached hydrogens (tertiary/aromatic N) is 1. The zero-order valence-corrected chi connectivity index (χ0v) is 13.6. The van der Waals surface area contributed by atoms with Gasteiger partial charge in [0.05, 0.1) is 11.1 Å². The number of alkyl halides is 3. The van der Waals surface area contributed by atoms with Gasteiger partial charge in [0.25, 0.3) is 5.91 Å². The first-order valence-electron chi connectivity index (χ1n) is 7.14. The van der Waals surface area contributed by atoms with Gasteiger partial charge in [-0.1, -0.05) is 12.1 Å². The summed E-state index contributed by atoms with van der Waals surface area (Å²) in [5.41, 5.74) is -3.28. The smallest absolute Gasteiger partial charge is 0.319 e. The standard InChI is InChI=1S/C17H9F5N2OS/c18-10-4-2-5-11(19)14(10)13-9(17(20,21)22)3-1-6-12(13)24-15(25)16-23-7-8-26-16/h1-8H,(H,24,25). The Kier molecular flexibility index (Phi) is 4.73. The Morgan fingerprint density at radius 1 is 1.00 bits per heavy atom. The highest BCUT2D eigenvalue weighted by atomic mass is 32.1. The minimum atomic E-state index is -4.88. The molecule has 0 fully saturated rings. The first kappa shape index (κ1) is 18.0. The first-order valence-corrected chi connectivity index (χ1v) is 8.02. The van der Waals surface area contributed by atoms with Gasteiger partial charge in [-0.15, -0.1) is 11.3 Å². The topological polar surface area (TPSA) is 42.0 Å². The average molecular weight is 384 g/mol. The van der Waals surface area contributed by atoms with E-state index in [-0.39, 0.29) is 10.7 Å². The number of thiazole rings is 1. The summed E-state index contributed by atoms with van der Waals surface area (Å²) >= 11 is 0.974. The molecule has 3 nitrogen and oxygen atoms in total. The summed E-state index contributed by atoms with van der Waals surface area (Å²) in [7, 11) is 0. The Morgan fingerprint density at radius 2 is 1.65 bits per heavy atom. The molecule has 0 unspecified atom stereocenters. The lowest BCUT2D eigenvalue weighted by Gasteiger charge is -2.18. The van der Waals surface area contributed by atoms with Crippen LogP contribution in [0.15, 0.2) is 48.0 Å². The summed E-state index contributed by atoms with van der Waals surface area (Å²) in [6.45, 7) is 0. The Hall–Kier alpha value is -2.81. The van der Waals surface area contributed by atoms with Crippen molar-refractivity contribution in [3.05, 3.63) is 70.2 Å². The highest BCUT2D eigenvalue weighted by Crippen LogP contribution is 2.43. The molecular formula is C17H9F5N2OS. The number of benzene rings is 2. The van der Waals surface area contributed by atoms with Gasteiger partial charge in [-0.2, -0.15) is 13.2 Å². The van der Waals surface area contributed by atoms with Crippen molar-refractivity contribution in [3.8, 4) is 11.1 Å². The van der Waals surface area contributed by atoms with E-state index in [0.29, 0.717) is 6.07 Å². The molecule has 9 heteroatoms. The van der Waals surface area contributed by atoms with Crippen LogP contribution in [-0.4, -0.2) is 10.9 Å². The molecular weight excluding hydrogens is 375 g/mol. The molecule has 2 aromatic carbocycles. The number of nitrogens with one attached hydrogen (secondary N) is 1. The number of hydrogen-bond acceptors (Lipinski definition) is 3. The van der Waals surface area contributed by atoms with Gasteiger partial charge in [0.15, 0.2) is 5.01 Å². The molecule has 1 N–H and O–H groups in total. The number of carbonyl (C=O) groups excluding carboxylic acids is 1. The van der Waals surface area contributed by atoms with Crippen LogP contribution >= 0.6 is 11.3 Å². The fourth-order valence-electron chi connectivity index (χ4n) is 2.41. The van der Waals surface area contributed by atoms with Gasteiger partial charge >= 0.3 is 6.18 Å². The maximum Gasteiger partial charge on any atom is 0.417 e. The number of anilines is 1. The lowest BCUT2D eigenvalue weighted by Crippen LogP contribution is -2.15. The third kappa shape index (κ3) is 3.43. The highest BCUT2D eigenvalue weighted by molar-refractivity contribution is 7.11. The number of carbonyl (C=O) groups is 1. The van der Waals surface area contributed by atoms with Crippen LogP contribution in [0.3, 0.4) is 0 Å². The molecule has 0 radical (unpaired) electrons. The normalized spacial score (nSPS) is 11.4. The van der Waals surface area contributed by atoms with Crippen molar-refractivity contribution in [3.63, 3.8) is 0 Å². The summed E-state index contributed by atoms with van der Waals surface area (Å²) < 4.78 is 68.6. The lowest BCUT2D eigenvalue weighted by molar-refractivity contribution is -0.137. The van der Waals surface area contributed by atoms with Gasteiger partial charge in [-0.25, -0.2) is 13.8 Å². The molecule has 0 aliphatic heterocycles. The molecule has 0 saturated carbocycles. The van der Waals surface area contributed by atoms with E-state index in [1.165, 1.54) is 11.6 Å². The number of aromatic nitrogens is 1. The molecule has 0 bridgehead atoms. The van der Waals surface area contributed by atoms with Crippen molar-refractivity contribution in [1.82, 2.24) is 4.98 Å². The van der Waals surface area contributed by atoms with E-state index in [2.05, 4.69) is 10.3 Å². The third-order valence-corrected chi connectivity index (χ3v) is 4.23. The summed E-state index contributed by atoms with van der Waals surface area (Å²) in [5.74, 6) is -3.13. The molecule has 26 heavy (non-hydrogen) atoms. The van der Waals surface area contributed by atoms with Crippen LogP contribution in [0, 0.1) is 11.6 Å². The van der Waals surface area contributed by atoms with Crippen LogP contribution in [0.5, 0.6) is 0 Å². The van der Waals surface area contributed by atoms with Gasteiger partial charge in [-0.3, -0.25) is 4.79 Å². The van der Waals surface area contributed by atoms with E-state index in [9.17, 15) is 26.7 Å². The molecule has 1 heterocycles. The van der Waals surface area contributed by atoms with Crippen LogP contribution in [0.4, 0.5) is 27.6 Å². The molecule has 0 aliphatic carbocycles. The minimum absolute atomic E-state index is 0.00219. The Morgan fingerprint density at radius 3 is 2.23 bits per heavy atom. The highest BCUT2D eigenvalue weighted by Gasteiger charge is 2.36. The molecule has 1 amide bonds. The van der Waals surface area contributed by atoms with E-state index in [1.807, 2.05) is 0 Å². The molecule has 1 aromatic heterocycles. The fourth-order valence-corrected chi connectivity index (χ4v) is 2.94. The van der Waals surface area contributed by atoms with E-state index >= 15 is 0 Å². The predicted molar refractivity (Wildman–Crippen MR) is 86.9 cm³/mol. The Bertz CT molecular complexity index is 934. The maximum absolute atomic E-state index is 14.2. The lowest BCUT2D eigenvalue weighted by atomic mass is 9.96. The molecule has 134 valence electrons. The number of halogens is 5. The fraction of sp³-hybridized carbons (Fsp3) is 0.0588. The van der Waals surface area contributed by atoms with Crippen LogP contribution in [0.25, 0.3) is 11.1 Å². The van der Waals surface area contributed by atoms with E-state index < -0.39 is 40.4 Å². The van der Waals surface area contributed by atoms with Crippen molar-refractivity contribution < 1.29 is 26.7 Å². The van der Waals surface area contributed by atoms with E-state index in [4.69, 9.17) is 0 Å². The summed E-state index contributed by atoms with van der Waals surface area (Å²) in [4.78, 5) is 15.9. The zero-order valence-electron chi connectivity index (χ0n) is 12.8. The van der Waals surface area contributed by atoms with Crippen molar-refractivity contribution in [1.29, 1.82) is 0 Å². The average Bonchev–Trinajstić information content (AvgIpc) is 3.09. The molecule has 0 spiro atoms. The Labute approximate surface area is 148 Å². The summed E-state index contributed by atoms with van der Waals surface area (Å²) in [6.07, 6.45) is -3.53. The maximum atomic E-state index is 14.2. The SMILES string of the molecule is O=C(Nc1cccc(C(F)(F)F)c1-c1c(F)cccc1F)c1nccs1. The summed E-state index contributed by atoms with van der Waals surface area (Å²) in [5, 5.41) is 3.77. The third-order valence-electron chi connectivity index (χ3n) is 3.46. The monoisotopic (exact) mass is 384 g/mol. The second kappa shape index (κ2) is 6.83. The van der Waals surface area contributed by atoms with E-state index in [0.717, 1.165) is 41.7 Å². The van der Waals surface area contributed by atoms with Crippen LogP contribution in [0.2, 0.25) is 0 Å². The van der Waals surface area contributed by atoms with Crippen LogP contribution in [-0.2, 0) is 6.18 Å². The van der Waals surface area contributed by atoms with Gasteiger partial charge in [0.1, 0.15) is 11.6 Å². The van der Waals surface area contributed by atoms with Crippen molar-refractivity contribution >= 4 is 22.9 Å². The molecule has 0 aliphatic rings. The quantitative estimate of drug-likeness (QED) is 0.618. The molecule has 3 rings (SSSR count). The Balaban J connectivity index is 2.21. The second-order valence-corrected chi connectivity index (χ2v) is 6.01. The number of amides is 1. The number of hydrogen-bond donors (Lipinski definition) is 1. The van der Waals surface area contributed by atoms with Crippen molar-refractivity contribution in [2.24, 2.45) is 0 Å². The van der Waals surface area contributed by atoms with Crippen molar-refractivity contribution in [2.45, 2.75) is 6.18 Å². The van der Waals surface area contributed by atoms with Crippen molar-refractivity contribution in [2.75, 3.05) is 5.32 Å².